The number of carbonyl (C=O) groups is 1. The third-order valence-corrected chi connectivity index (χ3v) is 6.77. The van der Waals surface area contributed by atoms with Crippen LogP contribution in [-0.2, 0) is 14.8 Å². The van der Waals surface area contributed by atoms with E-state index < -0.39 is 28.0 Å². The number of ether oxygens (including phenoxy) is 3. The van der Waals surface area contributed by atoms with Gasteiger partial charge in [0.15, 0.2) is 0 Å². The van der Waals surface area contributed by atoms with Crippen LogP contribution in [0.15, 0.2) is 47.4 Å². The summed E-state index contributed by atoms with van der Waals surface area (Å²) >= 11 is 0. The van der Waals surface area contributed by atoms with Gasteiger partial charge in [0.1, 0.15) is 11.5 Å². The fraction of sp³-hybridized carbons (Fsp3) is 0.409. The normalized spacial score (nSPS) is 14.7. The van der Waals surface area contributed by atoms with Crippen LogP contribution in [-0.4, -0.2) is 79.1 Å². The van der Waals surface area contributed by atoms with Crippen molar-refractivity contribution in [1.82, 2.24) is 9.62 Å². The molecule has 0 spiro atoms. The van der Waals surface area contributed by atoms with E-state index in [2.05, 4.69) is 9.46 Å². The number of hydrogen-bond donors (Lipinski definition) is 1. The van der Waals surface area contributed by atoms with Crippen molar-refractivity contribution in [2.75, 3.05) is 58.5 Å². The first-order chi connectivity index (χ1) is 16.6. The van der Waals surface area contributed by atoms with Crippen LogP contribution in [0.4, 0.5) is 18.9 Å². The Hall–Kier alpha value is -3.03. The molecule has 0 atom stereocenters. The van der Waals surface area contributed by atoms with Crippen LogP contribution in [0.1, 0.15) is 10.4 Å². The van der Waals surface area contributed by atoms with E-state index in [9.17, 15) is 26.4 Å². The molecule has 1 aliphatic heterocycles. The highest BCUT2D eigenvalue weighted by Crippen LogP contribution is 2.32. The molecule has 2 aromatic carbocycles. The summed E-state index contributed by atoms with van der Waals surface area (Å²) in [6.07, 6.45) is -4.92. The zero-order valence-electron chi connectivity index (χ0n) is 19.2. The van der Waals surface area contributed by atoms with Crippen molar-refractivity contribution in [2.45, 2.75) is 11.3 Å². The molecular formula is C22H26F3N3O6S. The molecule has 0 aliphatic carbocycles. The maximum atomic E-state index is 12.9. The standard InChI is InChI=1S/C22H26F3N3O6S/c1-32-14-9-26-35(30,31)16-7-8-20(33-2)18(15-16)27-10-12-28(13-11-27)21(29)17-5-3-4-6-19(17)34-22(23,24)25/h3-8,15,26H,9-14H2,1-2H3. The number of hydrogen-bond acceptors (Lipinski definition) is 7. The molecule has 192 valence electrons. The molecule has 35 heavy (non-hydrogen) atoms. The van der Waals surface area contributed by atoms with E-state index >= 15 is 0 Å². The Balaban J connectivity index is 1.75. The number of benzene rings is 2. The van der Waals surface area contributed by atoms with Crippen LogP contribution in [0.5, 0.6) is 11.5 Å². The fourth-order valence-corrected chi connectivity index (χ4v) is 4.66. The minimum atomic E-state index is -4.92. The van der Waals surface area contributed by atoms with Crippen LogP contribution in [0.25, 0.3) is 0 Å². The number of anilines is 1. The van der Waals surface area contributed by atoms with E-state index in [4.69, 9.17) is 9.47 Å². The Morgan fingerprint density at radius 1 is 1.03 bits per heavy atom. The third-order valence-electron chi connectivity index (χ3n) is 5.31. The Morgan fingerprint density at radius 2 is 1.71 bits per heavy atom. The van der Waals surface area contributed by atoms with Crippen molar-refractivity contribution in [3.05, 3.63) is 48.0 Å². The maximum Gasteiger partial charge on any atom is 0.573 e. The van der Waals surface area contributed by atoms with Gasteiger partial charge in [0.05, 0.1) is 29.9 Å². The topological polar surface area (TPSA) is 97.4 Å². The van der Waals surface area contributed by atoms with Crippen LogP contribution >= 0.6 is 0 Å². The zero-order chi connectivity index (χ0) is 25.6. The minimum absolute atomic E-state index is 0.0427. The van der Waals surface area contributed by atoms with Crippen molar-refractivity contribution in [1.29, 1.82) is 0 Å². The summed E-state index contributed by atoms with van der Waals surface area (Å²) in [6, 6.07) is 9.64. The second-order valence-corrected chi connectivity index (χ2v) is 9.31. The molecule has 1 N–H and O–H groups in total. The Bertz CT molecular complexity index is 1140. The summed E-state index contributed by atoms with van der Waals surface area (Å²) < 4.78 is 80.1. The molecule has 0 bridgehead atoms. The number of nitrogens with zero attached hydrogens (tertiary/aromatic N) is 2. The van der Waals surface area contributed by atoms with Crippen molar-refractivity contribution in [3.63, 3.8) is 0 Å². The number of para-hydroxylation sites is 1. The summed E-state index contributed by atoms with van der Waals surface area (Å²) in [5, 5.41) is 0. The molecule has 0 aromatic heterocycles. The zero-order valence-corrected chi connectivity index (χ0v) is 20.0. The highest BCUT2D eigenvalue weighted by Gasteiger charge is 2.34. The molecule has 2 aromatic rings. The van der Waals surface area contributed by atoms with Crippen LogP contribution < -0.4 is 19.1 Å². The van der Waals surface area contributed by atoms with E-state index in [1.165, 1.54) is 49.5 Å². The number of carbonyl (C=O) groups excluding carboxylic acids is 1. The van der Waals surface area contributed by atoms with Crippen LogP contribution in [0, 0.1) is 0 Å². The molecule has 1 heterocycles. The summed E-state index contributed by atoms with van der Waals surface area (Å²) in [5.41, 5.74) is 0.334. The largest absolute Gasteiger partial charge is 0.573 e. The molecule has 1 aliphatic rings. The van der Waals surface area contributed by atoms with Crippen molar-refractivity contribution >= 4 is 21.6 Å². The Labute approximate surface area is 201 Å². The maximum absolute atomic E-state index is 12.9. The number of rotatable bonds is 9. The molecule has 13 heteroatoms. The summed E-state index contributed by atoms with van der Waals surface area (Å²) in [5.74, 6) is -0.701. The molecule has 1 fully saturated rings. The molecular weight excluding hydrogens is 491 g/mol. The quantitative estimate of drug-likeness (QED) is 0.511. The lowest BCUT2D eigenvalue weighted by Crippen LogP contribution is -2.49. The summed E-state index contributed by atoms with van der Waals surface area (Å²) in [6.45, 7) is 1.35. The molecule has 0 radical (unpaired) electrons. The highest BCUT2D eigenvalue weighted by molar-refractivity contribution is 7.89. The predicted molar refractivity (Wildman–Crippen MR) is 121 cm³/mol. The number of nitrogens with one attached hydrogen (secondary N) is 1. The fourth-order valence-electron chi connectivity index (χ4n) is 3.62. The van der Waals surface area contributed by atoms with Gasteiger partial charge >= 0.3 is 6.36 Å². The second kappa shape index (κ2) is 11.1. The lowest BCUT2D eigenvalue weighted by molar-refractivity contribution is -0.274. The van der Waals surface area contributed by atoms with E-state index in [1.54, 1.807) is 6.07 Å². The summed E-state index contributed by atoms with van der Waals surface area (Å²) in [4.78, 5) is 16.2. The van der Waals surface area contributed by atoms with Gasteiger partial charge in [0.2, 0.25) is 10.0 Å². The highest BCUT2D eigenvalue weighted by atomic mass is 32.2. The van der Waals surface area contributed by atoms with Gasteiger partial charge in [-0.05, 0) is 30.3 Å². The molecule has 9 nitrogen and oxygen atoms in total. The van der Waals surface area contributed by atoms with E-state index in [1.807, 2.05) is 4.90 Å². The number of methoxy groups -OCH3 is 2. The van der Waals surface area contributed by atoms with Gasteiger partial charge in [0.25, 0.3) is 5.91 Å². The average Bonchev–Trinajstić information content (AvgIpc) is 2.83. The van der Waals surface area contributed by atoms with Crippen molar-refractivity contribution < 1.29 is 40.6 Å². The number of alkyl halides is 3. The predicted octanol–water partition coefficient (Wildman–Crippen LogP) is 2.48. The smallest absolute Gasteiger partial charge is 0.495 e. The van der Waals surface area contributed by atoms with Gasteiger partial charge in [-0.2, -0.15) is 0 Å². The van der Waals surface area contributed by atoms with Crippen molar-refractivity contribution in [2.24, 2.45) is 0 Å². The first-order valence-corrected chi connectivity index (χ1v) is 12.1. The molecule has 3 rings (SSSR count). The van der Waals surface area contributed by atoms with Gasteiger partial charge in [0, 0.05) is 39.8 Å². The monoisotopic (exact) mass is 517 g/mol. The van der Waals surface area contributed by atoms with Gasteiger partial charge < -0.3 is 24.0 Å². The average molecular weight is 518 g/mol. The molecule has 1 saturated heterocycles. The first-order valence-electron chi connectivity index (χ1n) is 10.6. The molecule has 1 amide bonds. The van der Waals surface area contributed by atoms with Gasteiger partial charge in [-0.3, -0.25) is 4.79 Å². The van der Waals surface area contributed by atoms with Crippen LogP contribution in [0.2, 0.25) is 0 Å². The number of sulfonamides is 1. The van der Waals surface area contributed by atoms with E-state index in [0.29, 0.717) is 24.5 Å². The Kier molecular flexibility index (Phi) is 8.46. The Morgan fingerprint density at radius 3 is 2.34 bits per heavy atom. The van der Waals surface area contributed by atoms with Gasteiger partial charge in [-0.15, -0.1) is 13.2 Å². The second-order valence-electron chi connectivity index (χ2n) is 7.55. The number of halogens is 3. The number of amides is 1. The lowest BCUT2D eigenvalue weighted by Gasteiger charge is -2.37. The van der Waals surface area contributed by atoms with E-state index in [0.717, 1.165) is 6.07 Å². The minimum Gasteiger partial charge on any atom is -0.495 e. The van der Waals surface area contributed by atoms with Crippen LogP contribution in [0.3, 0.4) is 0 Å². The SMILES string of the molecule is COCCNS(=O)(=O)c1ccc(OC)c(N2CCN(C(=O)c3ccccc3OC(F)(F)F)CC2)c1. The molecule has 0 unspecified atom stereocenters. The van der Waals surface area contributed by atoms with E-state index in [-0.39, 0.29) is 36.7 Å². The van der Waals surface area contributed by atoms with Gasteiger partial charge in [-0.25, -0.2) is 13.1 Å². The number of piperazine rings is 1. The summed E-state index contributed by atoms with van der Waals surface area (Å²) in [7, 11) is -0.857. The molecule has 0 saturated carbocycles. The lowest BCUT2D eigenvalue weighted by atomic mass is 10.1. The van der Waals surface area contributed by atoms with Crippen molar-refractivity contribution in [3.8, 4) is 11.5 Å². The first kappa shape index (κ1) is 26.6. The van der Waals surface area contributed by atoms with Gasteiger partial charge in [-0.1, -0.05) is 12.1 Å². The third kappa shape index (κ3) is 6.77.